The maximum Gasteiger partial charge on any atom is 0.414 e. The van der Waals surface area contributed by atoms with E-state index in [9.17, 15) is 9.18 Å². The number of cyclic esters (lactones) is 1. The van der Waals surface area contributed by atoms with E-state index in [1.165, 1.54) is 11.0 Å². The molecule has 74 valence electrons. The third kappa shape index (κ3) is 1.43. The van der Waals surface area contributed by atoms with Crippen LogP contribution in [0.2, 0.25) is 0 Å². The molecule has 0 N–H and O–H groups in total. The molecule has 0 atom stereocenters. The van der Waals surface area contributed by atoms with E-state index in [1.54, 1.807) is 12.1 Å². The first kappa shape index (κ1) is 8.99. The Bertz CT molecular complexity index is 378. The predicted octanol–water partition coefficient (Wildman–Crippen LogP) is 2.09. The second-order valence-corrected chi connectivity index (χ2v) is 3.22. The van der Waals surface area contributed by atoms with Gasteiger partial charge in [0.25, 0.3) is 0 Å². The van der Waals surface area contributed by atoms with E-state index in [2.05, 4.69) is 0 Å². The number of halogens is 1. The third-order valence-electron chi connectivity index (χ3n) is 2.15. The average molecular weight is 195 g/mol. The second-order valence-electron chi connectivity index (χ2n) is 3.22. The second kappa shape index (κ2) is 3.29. The number of aryl methyl sites for hydroxylation is 1. The standard InChI is InChI=1S/C10H10FNO2/c1-7-2-3-8(11)9(6-7)12-4-5-14-10(12)13/h2-3,6H,4-5H2,1H3. The molecule has 2 rings (SSSR count). The van der Waals surface area contributed by atoms with Crippen LogP contribution in [0.4, 0.5) is 14.9 Å². The summed E-state index contributed by atoms with van der Waals surface area (Å²) in [5, 5.41) is 0. The molecule has 0 aromatic heterocycles. The monoisotopic (exact) mass is 195 g/mol. The van der Waals surface area contributed by atoms with Crippen LogP contribution in [0.5, 0.6) is 0 Å². The van der Waals surface area contributed by atoms with Gasteiger partial charge in [0.15, 0.2) is 0 Å². The Morgan fingerprint density at radius 2 is 2.29 bits per heavy atom. The topological polar surface area (TPSA) is 29.5 Å². The van der Waals surface area contributed by atoms with Gasteiger partial charge in [-0.2, -0.15) is 0 Å². The molecule has 1 aromatic rings. The van der Waals surface area contributed by atoms with E-state index in [4.69, 9.17) is 4.74 Å². The Balaban J connectivity index is 2.39. The van der Waals surface area contributed by atoms with Gasteiger partial charge in [-0.15, -0.1) is 0 Å². The van der Waals surface area contributed by atoms with Crippen LogP contribution in [-0.4, -0.2) is 19.2 Å². The van der Waals surface area contributed by atoms with Crippen molar-refractivity contribution in [3.8, 4) is 0 Å². The molecule has 1 fully saturated rings. The Labute approximate surface area is 81.1 Å². The fourth-order valence-electron chi connectivity index (χ4n) is 1.44. The molecule has 0 spiro atoms. The number of carbonyl (C=O) groups excluding carboxylic acids is 1. The smallest absolute Gasteiger partial charge is 0.414 e. The van der Waals surface area contributed by atoms with E-state index in [1.807, 2.05) is 6.92 Å². The molecule has 4 heteroatoms. The Hall–Kier alpha value is -1.58. The summed E-state index contributed by atoms with van der Waals surface area (Å²) in [7, 11) is 0. The van der Waals surface area contributed by atoms with Gasteiger partial charge in [-0.05, 0) is 24.6 Å². The molecule has 0 saturated carbocycles. The summed E-state index contributed by atoms with van der Waals surface area (Å²) in [6, 6.07) is 4.67. The summed E-state index contributed by atoms with van der Waals surface area (Å²) >= 11 is 0. The Morgan fingerprint density at radius 3 is 2.93 bits per heavy atom. The highest BCUT2D eigenvalue weighted by Gasteiger charge is 2.25. The molecule has 1 amide bonds. The lowest BCUT2D eigenvalue weighted by atomic mass is 10.2. The summed E-state index contributed by atoms with van der Waals surface area (Å²) in [6.07, 6.45) is -0.477. The van der Waals surface area contributed by atoms with Crippen LogP contribution in [0.1, 0.15) is 5.56 Å². The molecule has 3 nitrogen and oxygen atoms in total. The van der Waals surface area contributed by atoms with Crippen molar-refractivity contribution in [2.24, 2.45) is 0 Å². The van der Waals surface area contributed by atoms with Gasteiger partial charge in [-0.25, -0.2) is 9.18 Å². The van der Waals surface area contributed by atoms with E-state index in [0.29, 0.717) is 18.8 Å². The van der Waals surface area contributed by atoms with E-state index in [-0.39, 0.29) is 0 Å². The molecule has 14 heavy (non-hydrogen) atoms. The number of ether oxygens (including phenoxy) is 1. The highest BCUT2D eigenvalue weighted by atomic mass is 19.1. The maximum atomic E-state index is 13.3. The van der Waals surface area contributed by atoms with Crippen molar-refractivity contribution in [2.75, 3.05) is 18.1 Å². The normalized spacial score (nSPS) is 15.9. The lowest BCUT2D eigenvalue weighted by Gasteiger charge is -2.13. The van der Waals surface area contributed by atoms with Crippen LogP contribution < -0.4 is 4.90 Å². The quantitative estimate of drug-likeness (QED) is 0.686. The number of rotatable bonds is 1. The van der Waals surface area contributed by atoms with Gasteiger partial charge >= 0.3 is 6.09 Å². The molecular formula is C10H10FNO2. The van der Waals surface area contributed by atoms with Gasteiger partial charge in [0.2, 0.25) is 0 Å². The average Bonchev–Trinajstić information content (AvgIpc) is 2.56. The molecular weight excluding hydrogens is 185 g/mol. The van der Waals surface area contributed by atoms with Crippen molar-refractivity contribution < 1.29 is 13.9 Å². The first-order chi connectivity index (χ1) is 6.68. The van der Waals surface area contributed by atoms with Crippen molar-refractivity contribution >= 4 is 11.8 Å². The Morgan fingerprint density at radius 1 is 1.50 bits per heavy atom. The summed E-state index contributed by atoms with van der Waals surface area (Å²) < 4.78 is 18.1. The lowest BCUT2D eigenvalue weighted by molar-refractivity contribution is 0.181. The minimum absolute atomic E-state index is 0.299. The van der Waals surface area contributed by atoms with E-state index in [0.717, 1.165) is 5.56 Å². The zero-order valence-electron chi connectivity index (χ0n) is 7.79. The van der Waals surface area contributed by atoms with Crippen molar-refractivity contribution in [2.45, 2.75) is 6.92 Å². The zero-order chi connectivity index (χ0) is 10.1. The summed E-state index contributed by atoms with van der Waals surface area (Å²) in [4.78, 5) is 12.5. The molecule has 1 saturated heterocycles. The zero-order valence-corrected chi connectivity index (χ0v) is 7.79. The molecule has 0 aliphatic carbocycles. The van der Waals surface area contributed by atoms with Gasteiger partial charge in [0.05, 0.1) is 12.2 Å². The van der Waals surface area contributed by atoms with Gasteiger partial charge in [0.1, 0.15) is 12.4 Å². The lowest BCUT2D eigenvalue weighted by Crippen LogP contribution is -2.24. The number of hydrogen-bond donors (Lipinski definition) is 0. The third-order valence-corrected chi connectivity index (χ3v) is 2.15. The number of hydrogen-bond acceptors (Lipinski definition) is 2. The van der Waals surface area contributed by atoms with E-state index >= 15 is 0 Å². The van der Waals surface area contributed by atoms with E-state index < -0.39 is 11.9 Å². The van der Waals surface area contributed by atoms with Gasteiger partial charge in [0, 0.05) is 0 Å². The predicted molar refractivity (Wildman–Crippen MR) is 49.8 cm³/mol. The summed E-state index contributed by atoms with van der Waals surface area (Å²) in [6.45, 7) is 2.59. The van der Waals surface area contributed by atoms with Crippen LogP contribution in [0.15, 0.2) is 18.2 Å². The highest BCUT2D eigenvalue weighted by molar-refractivity contribution is 5.89. The van der Waals surface area contributed by atoms with Gasteiger partial charge < -0.3 is 4.74 Å². The maximum absolute atomic E-state index is 13.3. The highest BCUT2D eigenvalue weighted by Crippen LogP contribution is 2.23. The van der Waals surface area contributed by atoms with Crippen LogP contribution >= 0.6 is 0 Å². The van der Waals surface area contributed by atoms with Crippen molar-refractivity contribution in [1.29, 1.82) is 0 Å². The molecule has 0 unspecified atom stereocenters. The fraction of sp³-hybridized carbons (Fsp3) is 0.300. The minimum atomic E-state index is -0.477. The number of benzene rings is 1. The summed E-state index contributed by atoms with van der Waals surface area (Å²) in [5.74, 6) is -0.394. The SMILES string of the molecule is Cc1ccc(F)c(N2CCOC2=O)c1. The molecule has 0 bridgehead atoms. The van der Waals surface area contributed by atoms with Crippen LogP contribution in [-0.2, 0) is 4.74 Å². The Kier molecular flexibility index (Phi) is 2.11. The molecule has 1 aliphatic rings. The van der Waals surface area contributed by atoms with Crippen LogP contribution in [0.3, 0.4) is 0 Å². The summed E-state index contributed by atoms with van der Waals surface area (Å²) in [5.41, 5.74) is 1.22. The minimum Gasteiger partial charge on any atom is -0.447 e. The number of carbonyl (C=O) groups is 1. The number of nitrogens with zero attached hydrogens (tertiary/aromatic N) is 1. The first-order valence-electron chi connectivity index (χ1n) is 4.39. The van der Waals surface area contributed by atoms with Gasteiger partial charge in [-0.1, -0.05) is 6.07 Å². The van der Waals surface area contributed by atoms with Crippen molar-refractivity contribution in [1.82, 2.24) is 0 Å². The van der Waals surface area contributed by atoms with Crippen LogP contribution in [0.25, 0.3) is 0 Å². The largest absolute Gasteiger partial charge is 0.447 e. The van der Waals surface area contributed by atoms with Crippen molar-refractivity contribution in [3.63, 3.8) is 0 Å². The molecule has 1 heterocycles. The fourth-order valence-corrected chi connectivity index (χ4v) is 1.44. The molecule has 1 aromatic carbocycles. The molecule has 0 radical (unpaired) electrons. The number of anilines is 1. The van der Waals surface area contributed by atoms with Gasteiger partial charge in [-0.3, -0.25) is 4.90 Å². The van der Waals surface area contributed by atoms with Crippen molar-refractivity contribution in [3.05, 3.63) is 29.6 Å². The first-order valence-corrected chi connectivity index (χ1v) is 4.39. The molecule has 1 aliphatic heterocycles. The number of amides is 1. The van der Waals surface area contributed by atoms with Crippen LogP contribution in [0, 0.1) is 12.7 Å².